The van der Waals surface area contributed by atoms with Gasteiger partial charge >= 0.3 is 0 Å². The molecule has 1 N–H and O–H groups in total. The second-order valence-electron chi connectivity index (χ2n) is 4.87. The molecule has 20 heavy (non-hydrogen) atoms. The molecular formula is C15H14Cl2O2S. The standard InChI is InChI=1S/C15H14Cl2O2S/c16-14-8-11(15(17)20-14)12(18)3-1-9-2-4-13-10(7-9)5-6-19-13/h2,4,7-8,12,18H,1,3,5-6H2. The fraction of sp³-hybridized carbons (Fsp3) is 0.333. The topological polar surface area (TPSA) is 29.5 Å². The van der Waals surface area contributed by atoms with Gasteiger partial charge in [0.2, 0.25) is 0 Å². The number of thiophene rings is 1. The zero-order valence-electron chi connectivity index (χ0n) is 10.7. The predicted octanol–water partition coefficient (Wildman–Crippen LogP) is 4.66. The molecule has 1 aromatic heterocycles. The second kappa shape index (κ2) is 5.94. The highest BCUT2D eigenvalue weighted by molar-refractivity contribution is 7.20. The first-order valence-electron chi connectivity index (χ1n) is 6.51. The highest BCUT2D eigenvalue weighted by Crippen LogP contribution is 2.36. The van der Waals surface area contributed by atoms with E-state index in [4.69, 9.17) is 27.9 Å². The summed E-state index contributed by atoms with van der Waals surface area (Å²) in [5.41, 5.74) is 3.20. The molecule has 106 valence electrons. The predicted molar refractivity (Wildman–Crippen MR) is 83.3 cm³/mol. The number of ether oxygens (including phenoxy) is 1. The summed E-state index contributed by atoms with van der Waals surface area (Å²) in [5, 5.41) is 10.2. The molecule has 1 atom stereocenters. The van der Waals surface area contributed by atoms with Gasteiger partial charge in [-0.25, -0.2) is 0 Å². The maximum absolute atomic E-state index is 10.2. The fourth-order valence-electron chi connectivity index (χ4n) is 2.43. The van der Waals surface area contributed by atoms with E-state index < -0.39 is 6.10 Å². The second-order valence-corrected chi connectivity index (χ2v) is 7.16. The average molecular weight is 329 g/mol. The van der Waals surface area contributed by atoms with E-state index in [1.807, 2.05) is 6.07 Å². The maximum atomic E-state index is 10.2. The first kappa shape index (κ1) is 14.2. The number of benzene rings is 1. The van der Waals surface area contributed by atoms with E-state index in [0.717, 1.165) is 30.8 Å². The average Bonchev–Trinajstić information content (AvgIpc) is 3.01. The van der Waals surface area contributed by atoms with E-state index in [-0.39, 0.29) is 0 Å². The molecule has 2 aromatic rings. The van der Waals surface area contributed by atoms with Crippen LogP contribution in [0.3, 0.4) is 0 Å². The summed E-state index contributed by atoms with van der Waals surface area (Å²) in [5.74, 6) is 0.988. The molecule has 1 unspecified atom stereocenters. The van der Waals surface area contributed by atoms with E-state index in [1.54, 1.807) is 6.07 Å². The van der Waals surface area contributed by atoms with Crippen LogP contribution in [0.2, 0.25) is 8.67 Å². The zero-order valence-corrected chi connectivity index (χ0v) is 13.1. The lowest BCUT2D eigenvalue weighted by Crippen LogP contribution is -1.99. The Labute approximate surface area is 131 Å². The molecule has 1 aliphatic heterocycles. The van der Waals surface area contributed by atoms with Crippen molar-refractivity contribution in [3.63, 3.8) is 0 Å². The lowest BCUT2D eigenvalue weighted by Gasteiger charge is -2.10. The molecule has 2 nitrogen and oxygen atoms in total. The summed E-state index contributed by atoms with van der Waals surface area (Å²) in [6.07, 6.45) is 1.83. The van der Waals surface area contributed by atoms with Crippen LogP contribution >= 0.6 is 34.5 Å². The molecule has 0 amide bonds. The van der Waals surface area contributed by atoms with Gasteiger partial charge in [-0.2, -0.15) is 0 Å². The van der Waals surface area contributed by atoms with E-state index in [9.17, 15) is 5.11 Å². The van der Waals surface area contributed by atoms with Gasteiger partial charge in [-0.3, -0.25) is 0 Å². The van der Waals surface area contributed by atoms with Crippen molar-refractivity contribution in [2.24, 2.45) is 0 Å². The highest BCUT2D eigenvalue weighted by Gasteiger charge is 2.16. The molecule has 0 fully saturated rings. The number of aryl methyl sites for hydroxylation is 1. The maximum Gasteiger partial charge on any atom is 0.122 e. The smallest absolute Gasteiger partial charge is 0.122 e. The van der Waals surface area contributed by atoms with Crippen molar-refractivity contribution in [1.29, 1.82) is 0 Å². The molecule has 0 aliphatic carbocycles. The number of hydrogen-bond acceptors (Lipinski definition) is 3. The molecule has 1 aliphatic rings. The van der Waals surface area contributed by atoms with E-state index in [2.05, 4.69) is 12.1 Å². The minimum atomic E-state index is -0.573. The Balaban J connectivity index is 1.66. The van der Waals surface area contributed by atoms with Gasteiger partial charge in [0.15, 0.2) is 0 Å². The van der Waals surface area contributed by atoms with Crippen molar-refractivity contribution in [2.75, 3.05) is 6.61 Å². The van der Waals surface area contributed by atoms with E-state index >= 15 is 0 Å². The number of hydrogen-bond donors (Lipinski definition) is 1. The number of halogens is 2. The third-order valence-electron chi connectivity index (χ3n) is 3.50. The Morgan fingerprint density at radius 1 is 1.30 bits per heavy atom. The number of fused-ring (bicyclic) bond motifs is 1. The number of aliphatic hydroxyl groups excluding tert-OH is 1. The molecule has 0 saturated carbocycles. The van der Waals surface area contributed by atoms with Gasteiger partial charge in [-0.05, 0) is 36.1 Å². The summed E-state index contributed by atoms with van der Waals surface area (Å²) in [6.45, 7) is 0.768. The molecule has 0 bridgehead atoms. The molecule has 0 saturated heterocycles. The van der Waals surface area contributed by atoms with Crippen LogP contribution in [0.4, 0.5) is 0 Å². The van der Waals surface area contributed by atoms with Crippen molar-refractivity contribution in [1.82, 2.24) is 0 Å². The Hall–Kier alpha value is -0.740. The lowest BCUT2D eigenvalue weighted by molar-refractivity contribution is 0.168. The van der Waals surface area contributed by atoms with Crippen molar-refractivity contribution < 1.29 is 9.84 Å². The van der Waals surface area contributed by atoms with Crippen molar-refractivity contribution in [2.45, 2.75) is 25.4 Å². The van der Waals surface area contributed by atoms with Crippen molar-refractivity contribution in [3.8, 4) is 5.75 Å². The molecule has 5 heteroatoms. The minimum Gasteiger partial charge on any atom is -0.493 e. The van der Waals surface area contributed by atoms with Gasteiger partial charge in [0.05, 0.1) is 17.0 Å². The SMILES string of the molecule is OC(CCc1ccc2c(c1)CCO2)c1cc(Cl)sc1Cl. The van der Waals surface area contributed by atoms with Gasteiger partial charge in [-0.15, -0.1) is 11.3 Å². The molecule has 3 rings (SSSR count). The van der Waals surface area contributed by atoms with Crippen LogP contribution < -0.4 is 4.74 Å². The normalized spacial score (nSPS) is 14.9. The molecule has 2 heterocycles. The van der Waals surface area contributed by atoms with Crippen LogP contribution in [0.5, 0.6) is 5.75 Å². The van der Waals surface area contributed by atoms with Crippen LogP contribution in [0, 0.1) is 0 Å². The highest BCUT2D eigenvalue weighted by atomic mass is 35.5. The minimum absolute atomic E-state index is 0.573. The summed E-state index contributed by atoms with van der Waals surface area (Å²) >= 11 is 13.2. The Kier molecular flexibility index (Phi) is 4.22. The van der Waals surface area contributed by atoms with Crippen LogP contribution in [0.1, 0.15) is 29.2 Å². The number of rotatable bonds is 4. The monoisotopic (exact) mass is 328 g/mol. The van der Waals surface area contributed by atoms with Gasteiger partial charge in [0.1, 0.15) is 10.1 Å². The van der Waals surface area contributed by atoms with Gasteiger partial charge < -0.3 is 9.84 Å². The van der Waals surface area contributed by atoms with Gasteiger partial charge in [0, 0.05) is 12.0 Å². The Bertz CT molecular complexity index is 624. The number of aliphatic hydroxyl groups is 1. The third kappa shape index (κ3) is 2.96. The van der Waals surface area contributed by atoms with Crippen LogP contribution in [0.15, 0.2) is 24.3 Å². The van der Waals surface area contributed by atoms with Crippen LogP contribution in [-0.4, -0.2) is 11.7 Å². The van der Waals surface area contributed by atoms with Crippen molar-refractivity contribution >= 4 is 34.5 Å². The third-order valence-corrected chi connectivity index (χ3v) is 5.02. The molecule has 0 spiro atoms. The lowest BCUT2D eigenvalue weighted by atomic mass is 10.0. The van der Waals surface area contributed by atoms with E-state index in [1.165, 1.54) is 22.5 Å². The van der Waals surface area contributed by atoms with Gasteiger partial charge in [0.25, 0.3) is 0 Å². The van der Waals surface area contributed by atoms with Crippen LogP contribution in [-0.2, 0) is 12.8 Å². The summed E-state index contributed by atoms with van der Waals surface area (Å²) in [7, 11) is 0. The Morgan fingerprint density at radius 3 is 2.90 bits per heavy atom. The van der Waals surface area contributed by atoms with E-state index in [0.29, 0.717) is 15.1 Å². The molecular weight excluding hydrogens is 315 g/mol. The molecule has 1 aromatic carbocycles. The fourth-order valence-corrected chi connectivity index (χ4v) is 4.00. The largest absolute Gasteiger partial charge is 0.493 e. The molecule has 0 radical (unpaired) electrons. The summed E-state index contributed by atoms with van der Waals surface area (Å²) < 4.78 is 6.67. The summed E-state index contributed by atoms with van der Waals surface area (Å²) in [4.78, 5) is 0. The van der Waals surface area contributed by atoms with Gasteiger partial charge in [-0.1, -0.05) is 35.3 Å². The Morgan fingerprint density at radius 2 is 2.15 bits per heavy atom. The van der Waals surface area contributed by atoms with Crippen molar-refractivity contribution in [3.05, 3.63) is 49.6 Å². The summed E-state index contributed by atoms with van der Waals surface area (Å²) in [6, 6.07) is 7.98. The quantitative estimate of drug-likeness (QED) is 0.884. The van der Waals surface area contributed by atoms with Crippen LogP contribution in [0.25, 0.3) is 0 Å². The first-order chi connectivity index (χ1) is 9.63. The first-order valence-corrected chi connectivity index (χ1v) is 8.08. The zero-order chi connectivity index (χ0) is 14.1.